The van der Waals surface area contributed by atoms with Crippen LogP contribution in [0.4, 0.5) is 9.59 Å². The van der Waals surface area contributed by atoms with Crippen molar-refractivity contribution in [3.05, 3.63) is 85.0 Å². The zero-order valence-electron chi connectivity index (χ0n) is 35.2. The molecule has 0 radical (unpaired) electrons. The third-order valence-corrected chi connectivity index (χ3v) is 9.16. The first-order valence-electron chi connectivity index (χ1n) is 19.5. The van der Waals surface area contributed by atoms with Gasteiger partial charge in [-0.2, -0.15) is 0 Å². The number of unbranched alkanes of at least 4 members (excludes halogenated alkanes) is 1. The summed E-state index contributed by atoms with van der Waals surface area (Å²) in [5.41, 5.74) is 1.65. The SMILES string of the molecule is C=C(C)C(=O)OCCNC(=O)OC(COC(C)C)CSc1ccccc1.C=CC(=O)OCCNC(=O)OC(COC(C)C)CSc1ccc(CCCC)cc1.CC.[HH].[HH]. The number of carbonyl (C=O) groups is 4. The molecule has 0 aliphatic rings. The monoisotopic (exact) mass is 838 g/mol. The van der Waals surface area contributed by atoms with E-state index in [1.807, 2.05) is 71.9 Å². The first kappa shape index (κ1) is 53.0. The Balaban J connectivity index is -0.000000992. The van der Waals surface area contributed by atoms with Crippen molar-refractivity contribution in [1.29, 1.82) is 0 Å². The summed E-state index contributed by atoms with van der Waals surface area (Å²) in [5.74, 6) is 0.150. The molecule has 0 spiro atoms. The summed E-state index contributed by atoms with van der Waals surface area (Å²) < 4.78 is 31.8. The summed E-state index contributed by atoms with van der Waals surface area (Å²) in [4.78, 5) is 48.4. The van der Waals surface area contributed by atoms with Crippen LogP contribution >= 0.6 is 23.5 Å². The van der Waals surface area contributed by atoms with Gasteiger partial charge in [0, 0.05) is 35.8 Å². The Kier molecular flexibility index (Phi) is 31.7. The third-order valence-electron chi connectivity index (χ3n) is 6.87. The number of benzene rings is 2. The number of carbonyl (C=O) groups excluding carboxylic acids is 4. The number of ether oxygens (including phenoxy) is 6. The van der Waals surface area contributed by atoms with E-state index in [9.17, 15) is 19.2 Å². The van der Waals surface area contributed by atoms with Crippen molar-refractivity contribution >= 4 is 47.6 Å². The molecule has 2 N–H and O–H groups in total. The van der Waals surface area contributed by atoms with Gasteiger partial charge in [0.2, 0.25) is 0 Å². The topological polar surface area (TPSA) is 148 Å². The lowest BCUT2D eigenvalue weighted by molar-refractivity contribution is -0.139. The van der Waals surface area contributed by atoms with E-state index in [1.165, 1.54) is 18.4 Å². The lowest BCUT2D eigenvalue weighted by Gasteiger charge is -2.19. The van der Waals surface area contributed by atoms with Crippen LogP contribution in [0.3, 0.4) is 0 Å². The first-order chi connectivity index (χ1) is 27.3. The summed E-state index contributed by atoms with van der Waals surface area (Å²) in [6, 6.07) is 18.4. The maximum absolute atomic E-state index is 12.0. The van der Waals surface area contributed by atoms with Crippen LogP contribution < -0.4 is 10.6 Å². The minimum Gasteiger partial charge on any atom is -0.461 e. The summed E-state index contributed by atoms with van der Waals surface area (Å²) >= 11 is 3.22. The summed E-state index contributed by atoms with van der Waals surface area (Å²) in [5, 5.41) is 5.13. The number of hydrogen-bond donors (Lipinski definition) is 2. The van der Waals surface area contributed by atoms with E-state index in [2.05, 4.69) is 55.0 Å². The largest absolute Gasteiger partial charge is 0.461 e. The number of nitrogens with one attached hydrogen (secondary N) is 2. The van der Waals surface area contributed by atoms with E-state index in [0.29, 0.717) is 30.3 Å². The molecular weight excluding hydrogens is 769 g/mol. The normalized spacial score (nSPS) is 11.4. The van der Waals surface area contributed by atoms with Crippen molar-refractivity contribution < 1.29 is 50.5 Å². The molecule has 2 amide bonds. The molecule has 0 saturated heterocycles. The molecule has 0 heterocycles. The van der Waals surface area contributed by atoms with Gasteiger partial charge in [0.15, 0.2) is 0 Å². The molecule has 2 aromatic rings. The molecule has 324 valence electrons. The Hall–Kier alpha value is -3.98. The summed E-state index contributed by atoms with van der Waals surface area (Å²) in [6.07, 6.45) is 2.73. The molecule has 0 aliphatic heterocycles. The number of rotatable bonds is 25. The minimum absolute atomic E-state index is 0. The molecule has 0 fully saturated rings. The van der Waals surface area contributed by atoms with Crippen LogP contribution in [0.25, 0.3) is 0 Å². The fourth-order valence-corrected chi connectivity index (χ4v) is 5.79. The van der Waals surface area contributed by atoms with E-state index >= 15 is 0 Å². The van der Waals surface area contributed by atoms with Gasteiger partial charge in [0.1, 0.15) is 25.4 Å². The average Bonchev–Trinajstić information content (AvgIpc) is 3.20. The smallest absolute Gasteiger partial charge is 0.407 e. The molecule has 2 unspecified atom stereocenters. The molecule has 14 heteroatoms. The van der Waals surface area contributed by atoms with Crippen molar-refractivity contribution in [3.63, 3.8) is 0 Å². The Morgan fingerprint density at radius 1 is 0.754 bits per heavy atom. The van der Waals surface area contributed by atoms with Crippen LogP contribution in [0.2, 0.25) is 0 Å². The Morgan fingerprint density at radius 2 is 1.23 bits per heavy atom. The molecule has 0 saturated carbocycles. The number of hydrogen-bond acceptors (Lipinski definition) is 12. The van der Waals surface area contributed by atoms with Gasteiger partial charge in [-0.15, -0.1) is 23.5 Å². The lowest BCUT2D eigenvalue weighted by atomic mass is 10.1. The second kappa shape index (κ2) is 34.1. The molecule has 12 nitrogen and oxygen atoms in total. The van der Waals surface area contributed by atoms with Crippen molar-refractivity contribution in [3.8, 4) is 0 Å². The van der Waals surface area contributed by atoms with E-state index in [4.69, 9.17) is 28.4 Å². The van der Waals surface area contributed by atoms with Gasteiger partial charge in [-0.05, 0) is 77.3 Å². The second-order valence-corrected chi connectivity index (χ2v) is 14.8. The van der Waals surface area contributed by atoms with Gasteiger partial charge in [0.05, 0.1) is 38.5 Å². The summed E-state index contributed by atoms with van der Waals surface area (Å²) in [7, 11) is 0. The summed E-state index contributed by atoms with van der Waals surface area (Å²) in [6.45, 7) is 23.4. The van der Waals surface area contributed by atoms with Gasteiger partial charge in [-0.1, -0.05) is 70.7 Å². The number of aryl methyl sites for hydroxylation is 1. The quantitative estimate of drug-likeness (QED) is 0.0323. The van der Waals surface area contributed by atoms with Gasteiger partial charge in [-0.3, -0.25) is 0 Å². The first-order valence-corrected chi connectivity index (χ1v) is 21.4. The molecule has 0 aliphatic carbocycles. The minimum atomic E-state index is -0.567. The number of alkyl carbamates (subject to hydrolysis) is 2. The van der Waals surface area contributed by atoms with Crippen molar-refractivity contribution in [2.75, 3.05) is 51.0 Å². The van der Waals surface area contributed by atoms with Crippen LogP contribution in [-0.4, -0.2) is 99.6 Å². The van der Waals surface area contributed by atoms with Crippen molar-refractivity contribution in [2.45, 2.75) is 109 Å². The average molecular weight is 839 g/mol. The van der Waals surface area contributed by atoms with E-state index < -0.39 is 30.2 Å². The fourth-order valence-electron chi connectivity index (χ4n) is 4.03. The zero-order chi connectivity index (χ0) is 42.8. The van der Waals surface area contributed by atoms with Crippen LogP contribution in [-0.2, 0) is 44.4 Å². The number of thioether (sulfide) groups is 2. The Bertz CT molecular complexity index is 1420. The molecule has 0 aromatic heterocycles. The number of esters is 2. The molecule has 2 aromatic carbocycles. The number of amides is 2. The van der Waals surface area contributed by atoms with Crippen LogP contribution in [0.5, 0.6) is 0 Å². The Morgan fingerprint density at radius 3 is 1.67 bits per heavy atom. The van der Waals surface area contributed by atoms with Crippen molar-refractivity contribution in [1.82, 2.24) is 10.6 Å². The van der Waals surface area contributed by atoms with Crippen LogP contribution in [0.1, 0.15) is 76.6 Å². The molecular formula is C43H70N2O10S2. The highest BCUT2D eigenvalue weighted by molar-refractivity contribution is 7.99. The fraction of sp³-hybridized carbons (Fsp3) is 0.535. The predicted octanol–water partition coefficient (Wildman–Crippen LogP) is 9.31. The maximum Gasteiger partial charge on any atom is 0.407 e. The van der Waals surface area contributed by atoms with Crippen molar-refractivity contribution in [2.24, 2.45) is 0 Å². The van der Waals surface area contributed by atoms with E-state index in [1.54, 1.807) is 30.4 Å². The zero-order valence-corrected chi connectivity index (χ0v) is 36.8. The highest BCUT2D eigenvalue weighted by atomic mass is 32.2. The maximum atomic E-state index is 12.0. The van der Waals surface area contributed by atoms with Gasteiger partial charge < -0.3 is 39.1 Å². The van der Waals surface area contributed by atoms with E-state index in [-0.39, 0.29) is 47.5 Å². The highest BCUT2D eigenvalue weighted by Crippen LogP contribution is 2.22. The second-order valence-electron chi connectivity index (χ2n) is 12.6. The van der Waals surface area contributed by atoms with Crippen LogP contribution in [0.15, 0.2) is 89.2 Å². The third kappa shape index (κ3) is 29.9. The van der Waals surface area contributed by atoms with Gasteiger partial charge in [0.25, 0.3) is 0 Å². The highest BCUT2D eigenvalue weighted by Gasteiger charge is 2.18. The van der Waals surface area contributed by atoms with Gasteiger partial charge >= 0.3 is 24.1 Å². The Labute approximate surface area is 352 Å². The molecule has 2 rings (SSSR count). The standard InChI is InChI=1S/C22H33NO5S.C19H27NO5S.C2H6.2H2/c1-5-7-8-18-9-11-20(12-10-18)29-16-19(15-27-17(3)4)28-22(25)23-13-14-26-21(24)6-2;1-14(2)18(21)23-11-10-20-19(22)25-16(12-24-15(3)4)13-26-17-8-6-5-7-9-17;1-2;;/h6,9-12,17,19H,2,5,7-8,13-16H2,1,3-4H3,(H,23,25);5-9,15-16H,1,10-13H2,2-4H3,(H,20,22);1-2H3;2*1H. The van der Waals surface area contributed by atoms with E-state index in [0.717, 1.165) is 22.3 Å². The molecule has 57 heavy (non-hydrogen) atoms. The van der Waals surface area contributed by atoms with Crippen LogP contribution in [0, 0.1) is 0 Å². The lowest BCUT2D eigenvalue weighted by Crippen LogP contribution is -2.35. The van der Waals surface area contributed by atoms with Gasteiger partial charge in [-0.25, -0.2) is 19.2 Å². The molecule has 0 bridgehead atoms. The predicted molar refractivity (Wildman–Crippen MR) is 234 cm³/mol. The molecule has 2 atom stereocenters.